The van der Waals surface area contributed by atoms with Crippen molar-refractivity contribution in [1.82, 2.24) is 4.98 Å². The van der Waals surface area contributed by atoms with Crippen LogP contribution in [0.3, 0.4) is 0 Å². The minimum atomic E-state index is 0.602. The predicted molar refractivity (Wildman–Crippen MR) is 78.0 cm³/mol. The maximum atomic E-state index is 4.31. The zero-order valence-corrected chi connectivity index (χ0v) is 11.7. The lowest BCUT2D eigenvalue weighted by Crippen LogP contribution is -2.35. The van der Waals surface area contributed by atoms with Crippen molar-refractivity contribution in [3.05, 3.63) is 18.3 Å². The Bertz CT molecular complexity index is 378. The fraction of sp³-hybridized carbons (Fsp3) is 0.667. The van der Waals surface area contributed by atoms with E-state index in [1.54, 1.807) is 0 Å². The molecule has 1 fully saturated rings. The lowest BCUT2D eigenvalue weighted by Gasteiger charge is -2.35. The summed E-state index contributed by atoms with van der Waals surface area (Å²) in [4.78, 5) is 4.31. The Balaban J connectivity index is 2.01. The number of nitrogens with one attached hydrogen (secondary N) is 2. The molecule has 18 heavy (non-hydrogen) atoms. The number of hydrogen-bond donors (Lipinski definition) is 2. The molecule has 1 aliphatic rings. The Morgan fingerprint density at radius 2 is 2.17 bits per heavy atom. The van der Waals surface area contributed by atoms with Crippen LogP contribution in [0.2, 0.25) is 0 Å². The Morgan fingerprint density at radius 3 is 2.94 bits per heavy atom. The van der Waals surface area contributed by atoms with E-state index in [1.807, 2.05) is 6.20 Å². The summed E-state index contributed by atoms with van der Waals surface area (Å²) in [5.41, 5.74) is 1.19. The summed E-state index contributed by atoms with van der Waals surface area (Å²) in [7, 11) is 0. The van der Waals surface area contributed by atoms with E-state index >= 15 is 0 Å². The third kappa shape index (κ3) is 3.15. The van der Waals surface area contributed by atoms with Gasteiger partial charge in [0.25, 0.3) is 0 Å². The third-order valence-electron chi connectivity index (χ3n) is 4.18. The summed E-state index contributed by atoms with van der Waals surface area (Å²) in [6, 6.07) is 4.77. The van der Waals surface area contributed by atoms with Gasteiger partial charge >= 0.3 is 0 Å². The summed E-state index contributed by atoms with van der Waals surface area (Å²) in [6.45, 7) is 7.74. The van der Waals surface area contributed by atoms with E-state index in [9.17, 15) is 0 Å². The first-order chi connectivity index (χ1) is 8.70. The summed E-state index contributed by atoms with van der Waals surface area (Å²) >= 11 is 0. The number of hydrogen-bond acceptors (Lipinski definition) is 3. The van der Waals surface area contributed by atoms with E-state index in [0.29, 0.717) is 6.04 Å². The predicted octanol–water partition coefficient (Wildman–Crippen LogP) is 3.75. The standard InChI is InChI=1S/C15H25N3/c1-4-16-15-10-13(8-9-17-15)18-14-7-5-6-11(2)12(14)3/h8-12,14H,4-7H2,1-3H3,(H2,16,17,18). The van der Waals surface area contributed by atoms with E-state index in [0.717, 1.165) is 24.2 Å². The van der Waals surface area contributed by atoms with E-state index < -0.39 is 0 Å². The van der Waals surface area contributed by atoms with Gasteiger partial charge in [-0.2, -0.15) is 0 Å². The molecule has 1 aromatic rings. The molecule has 1 aliphatic carbocycles. The number of aromatic nitrogens is 1. The fourth-order valence-corrected chi connectivity index (χ4v) is 2.80. The second-order valence-corrected chi connectivity index (χ2v) is 5.48. The average molecular weight is 247 g/mol. The molecule has 0 aromatic carbocycles. The van der Waals surface area contributed by atoms with Gasteiger partial charge in [0.2, 0.25) is 0 Å². The van der Waals surface area contributed by atoms with Gasteiger partial charge in [-0.3, -0.25) is 0 Å². The number of rotatable bonds is 4. The average Bonchev–Trinajstić information content (AvgIpc) is 2.36. The van der Waals surface area contributed by atoms with Gasteiger partial charge in [-0.05, 0) is 31.2 Å². The molecule has 1 heterocycles. The quantitative estimate of drug-likeness (QED) is 0.851. The molecule has 0 amide bonds. The lowest BCUT2D eigenvalue weighted by molar-refractivity contribution is 0.253. The van der Waals surface area contributed by atoms with Crippen LogP contribution in [0.15, 0.2) is 18.3 Å². The van der Waals surface area contributed by atoms with Crippen LogP contribution in [0, 0.1) is 11.8 Å². The molecule has 0 aliphatic heterocycles. The molecule has 1 saturated carbocycles. The molecule has 3 nitrogen and oxygen atoms in total. The maximum Gasteiger partial charge on any atom is 0.127 e. The molecule has 2 rings (SSSR count). The minimum absolute atomic E-state index is 0.602. The fourth-order valence-electron chi connectivity index (χ4n) is 2.80. The number of nitrogens with zero attached hydrogens (tertiary/aromatic N) is 1. The first-order valence-electron chi connectivity index (χ1n) is 7.17. The van der Waals surface area contributed by atoms with Crippen molar-refractivity contribution in [2.24, 2.45) is 11.8 Å². The largest absolute Gasteiger partial charge is 0.382 e. The van der Waals surface area contributed by atoms with Crippen LogP contribution in [-0.4, -0.2) is 17.6 Å². The normalized spacial score (nSPS) is 27.8. The van der Waals surface area contributed by atoms with Crippen LogP contribution >= 0.6 is 0 Å². The molecule has 3 heteroatoms. The van der Waals surface area contributed by atoms with Crippen LogP contribution < -0.4 is 10.6 Å². The lowest BCUT2D eigenvalue weighted by atomic mass is 9.78. The molecule has 0 bridgehead atoms. The van der Waals surface area contributed by atoms with Crippen LogP contribution in [-0.2, 0) is 0 Å². The van der Waals surface area contributed by atoms with Crippen molar-refractivity contribution in [3.8, 4) is 0 Å². The first-order valence-corrected chi connectivity index (χ1v) is 7.17. The van der Waals surface area contributed by atoms with E-state index in [4.69, 9.17) is 0 Å². The van der Waals surface area contributed by atoms with Crippen molar-refractivity contribution in [2.45, 2.75) is 46.1 Å². The van der Waals surface area contributed by atoms with E-state index in [-0.39, 0.29) is 0 Å². The number of pyridine rings is 1. The molecule has 0 spiro atoms. The van der Waals surface area contributed by atoms with E-state index in [1.165, 1.54) is 24.9 Å². The van der Waals surface area contributed by atoms with Crippen LogP contribution in [0.1, 0.15) is 40.0 Å². The van der Waals surface area contributed by atoms with Crippen molar-refractivity contribution in [1.29, 1.82) is 0 Å². The van der Waals surface area contributed by atoms with Crippen LogP contribution in [0.25, 0.3) is 0 Å². The van der Waals surface area contributed by atoms with Gasteiger partial charge in [-0.15, -0.1) is 0 Å². The summed E-state index contributed by atoms with van der Waals surface area (Å²) in [5.74, 6) is 2.53. The topological polar surface area (TPSA) is 37.0 Å². The summed E-state index contributed by atoms with van der Waals surface area (Å²) in [6.07, 6.45) is 5.87. The Labute approximate surface area is 110 Å². The first kappa shape index (κ1) is 13.2. The van der Waals surface area contributed by atoms with Gasteiger partial charge in [-0.25, -0.2) is 4.98 Å². The van der Waals surface area contributed by atoms with Gasteiger partial charge < -0.3 is 10.6 Å². The number of anilines is 2. The molecular formula is C15H25N3. The molecule has 3 atom stereocenters. The smallest absolute Gasteiger partial charge is 0.127 e. The highest BCUT2D eigenvalue weighted by Crippen LogP contribution is 2.31. The molecular weight excluding hydrogens is 222 g/mol. The second kappa shape index (κ2) is 6.07. The maximum absolute atomic E-state index is 4.31. The van der Waals surface area contributed by atoms with Gasteiger partial charge in [0.15, 0.2) is 0 Å². The van der Waals surface area contributed by atoms with Crippen molar-refractivity contribution >= 4 is 11.5 Å². The molecule has 2 N–H and O–H groups in total. The Kier molecular flexibility index (Phi) is 4.45. The van der Waals surface area contributed by atoms with Crippen LogP contribution in [0.5, 0.6) is 0 Å². The van der Waals surface area contributed by atoms with Crippen molar-refractivity contribution < 1.29 is 0 Å². The highest BCUT2D eigenvalue weighted by Gasteiger charge is 2.26. The molecule has 3 unspecified atom stereocenters. The SMILES string of the molecule is CCNc1cc(NC2CCCC(C)C2C)ccn1. The second-order valence-electron chi connectivity index (χ2n) is 5.48. The zero-order valence-electron chi connectivity index (χ0n) is 11.7. The van der Waals surface area contributed by atoms with Gasteiger partial charge in [-0.1, -0.05) is 26.7 Å². The third-order valence-corrected chi connectivity index (χ3v) is 4.18. The molecule has 0 saturated heterocycles. The highest BCUT2D eigenvalue weighted by molar-refractivity contribution is 5.52. The summed E-state index contributed by atoms with van der Waals surface area (Å²) in [5, 5.41) is 6.93. The van der Waals surface area contributed by atoms with E-state index in [2.05, 4.69) is 48.5 Å². The monoisotopic (exact) mass is 247 g/mol. The zero-order chi connectivity index (χ0) is 13.0. The van der Waals surface area contributed by atoms with Gasteiger partial charge in [0.1, 0.15) is 5.82 Å². The summed E-state index contributed by atoms with van der Waals surface area (Å²) < 4.78 is 0. The van der Waals surface area contributed by atoms with Crippen molar-refractivity contribution in [2.75, 3.05) is 17.2 Å². The van der Waals surface area contributed by atoms with Crippen LogP contribution in [0.4, 0.5) is 11.5 Å². The van der Waals surface area contributed by atoms with Crippen molar-refractivity contribution in [3.63, 3.8) is 0 Å². The molecule has 100 valence electrons. The molecule has 0 radical (unpaired) electrons. The Morgan fingerprint density at radius 1 is 1.33 bits per heavy atom. The Hall–Kier alpha value is -1.25. The minimum Gasteiger partial charge on any atom is -0.382 e. The molecule has 1 aromatic heterocycles. The van der Waals surface area contributed by atoms with Gasteiger partial charge in [0.05, 0.1) is 0 Å². The van der Waals surface area contributed by atoms with Gasteiger partial charge in [0, 0.05) is 30.5 Å². The highest BCUT2D eigenvalue weighted by atomic mass is 15.0.